The first kappa shape index (κ1) is 17.8. The van der Waals surface area contributed by atoms with Gasteiger partial charge in [0.2, 0.25) is 0 Å². The third-order valence-electron chi connectivity index (χ3n) is 4.62. The van der Waals surface area contributed by atoms with Crippen molar-refractivity contribution in [3.8, 4) is 0 Å². The summed E-state index contributed by atoms with van der Waals surface area (Å²) in [6.45, 7) is 8.50. The van der Waals surface area contributed by atoms with Crippen LogP contribution in [0.1, 0.15) is 50.7 Å². The molecule has 2 amide bonds. The summed E-state index contributed by atoms with van der Waals surface area (Å²) in [5.74, 6) is 0. The Bertz CT molecular complexity index is 473. The Kier molecular flexibility index (Phi) is 7.40. The highest BCUT2D eigenvalue weighted by atomic mass is 16.2. The minimum Gasteiger partial charge on any atom is -0.338 e. The van der Waals surface area contributed by atoms with Gasteiger partial charge in [0.15, 0.2) is 0 Å². The van der Waals surface area contributed by atoms with Gasteiger partial charge < -0.3 is 15.5 Å². The highest BCUT2D eigenvalue weighted by Crippen LogP contribution is 2.22. The maximum absolute atomic E-state index is 12.2. The van der Waals surface area contributed by atoms with Gasteiger partial charge in [0.05, 0.1) is 0 Å². The second-order valence-corrected chi connectivity index (χ2v) is 6.30. The van der Waals surface area contributed by atoms with E-state index in [4.69, 9.17) is 0 Å². The van der Waals surface area contributed by atoms with E-state index in [1.165, 1.54) is 43.5 Å². The molecule has 1 aliphatic heterocycles. The molecule has 1 aromatic rings. The van der Waals surface area contributed by atoms with Crippen molar-refractivity contribution >= 4 is 11.7 Å². The number of para-hydroxylation sites is 1. The van der Waals surface area contributed by atoms with Crippen LogP contribution in [-0.4, -0.2) is 37.1 Å². The Morgan fingerprint density at radius 3 is 2.35 bits per heavy atom. The molecule has 1 heterocycles. The molecule has 1 aliphatic rings. The minimum atomic E-state index is -0.0840. The Morgan fingerprint density at radius 2 is 1.74 bits per heavy atom. The van der Waals surface area contributed by atoms with E-state index < -0.39 is 0 Å². The maximum atomic E-state index is 12.2. The van der Waals surface area contributed by atoms with Crippen molar-refractivity contribution in [1.29, 1.82) is 0 Å². The van der Waals surface area contributed by atoms with E-state index in [0.29, 0.717) is 0 Å². The average Bonchev–Trinajstić information content (AvgIpc) is 2.60. The molecule has 0 saturated carbocycles. The van der Waals surface area contributed by atoms with Crippen LogP contribution in [0.4, 0.5) is 10.5 Å². The molecule has 0 aromatic heterocycles. The van der Waals surface area contributed by atoms with E-state index in [1.807, 2.05) is 0 Å². The number of amides is 2. The molecule has 0 atom stereocenters. The zero-order valence-corrected chi connectivity index (χ0v) is 14.7. The molecule has 1 fully saturated rings. The Morgan fingerprint density at radius 1 is 1.09 bits per heavy atom. The lowest BCUT2D eigenvalue weighted by atomic mass is 10.0. The van der Waals surface area contributed by atoms with Crippen LogP contribution in [-0.2, 0) is 12.8 Å². The van der Waals surface area contributed by atoms with Crippen LogP contribution >= 0.6 is 0 Å². The van der Waals surface area contributed by atoms with Crippen molar-refractivity contribution in [3.05, 3.63) is 29.3 Å². The van der Waals surface area contributed by atoms with Gasteiger partial charge in [-0.3, -0.25) is 0 Å². The van der Waals surface area contributed by atoms with Crippen molar-refractivity contribution < 1.29 is 4.79 Å². The minimum absolute atomic E-state index is 0.0840. The molecule has 0 spiro atoms. The van der Waals surface area contributed by atoms with Crippen LogP contribution in [0.25, 0.3) is 0 Å². The number of piperidine rings is 1. The van der Waals surface area contributed by atoms with Crippen molar-refractivity contribution in [2.75, 3.05) is 31.5 Å². The van der Waals surface area contributed by atoms with Gasteiger partial charge in [-0.15, -0.1) is 0 Å². The number of nitrogens with zero attached hydrogens (tertiary/aromatic N) is 1. The smallest absolute Gasteiger partial charge is 0.319 e. The number of hydrogen-bond donors (Lipinski definition) is 2. The normalized spacial score (nSPS) is 15.4. The Labute approximate surface area is 140 Å². The monoisotopic (exact) mass is 317 g/mol. The average molecular weight is 317 g/mol. The molecule has 4 nitrogen and oxygen atoms in total. The molecule has 0 aliphatic carbocycles. The second kappa shape index (κ2) is 9.56. The molecule has 1 saturated heterocycles. The molecule has 128 valence electrons. The summed E-state index contributed by atoms with van der Waals surface area (Å²) in [7, 11) is 0. The van der Waals surface area contributed by atoms with Crippen LogP contribution in [0.2, 0.25) is 0 Å². The van der Waals surface area contributed by atoms with Gasteiger partial charge >= 0.3 is 6.03 Å². The molecule has 2 rings (SSSR count). The van der Waals surface area contributed by atoms with Gasteiger partial charge in [-0.05, 0) is 62.9 Å². The molecule has 23 heavy (non-hydrogen) atoms. The number of nitrogens with one attached hydrogen (secondary N) is 2. The van der Waals surface area contributed by atoms with Crippen LogP contribution in [0.5, 0.6) is 0 Å². The van der Waals surface area contributed by atoms with E-state index in [0.717, 1.165) is 38.0 Å². The van der Waals surface area contributed by atoms with Crippen molar-refractivity contribution in [1.82, 2.24) is 10.2 Å². The number of rotatable bonds is 7. The van der Waals surface area contributed by atoms with Crippen LogP contribution in [0.15, 0.2) is 18.2 Å². The van der Waals surface area contributed by atoms with Gasteiger partial charge in [-0.1, -0.05) is 38.5 Å². The molecular weight excluding hydrogens is 286 g/mol. The van der Waals surface area contributed by atoms with Gasteiger partial charge in [0.25, 0.3) is 0 Å². The first-order chi connectivity index (χ1) is 11.2. The molecule has 0 radical (unpaired) electrons. The topological polar surface area (TPSA) is 44.4 Å². The number of likely N-dealkylation sites (tertiary alicyclic amines) is 1. The third-order valence-corrected chi connectivity index (χ3v) is 4.62. The zero-order chi connectivity index (χ0) is 16.5. The summed E-state index contributed by atoms with van der Waals surface area (Å²) < 4.78 is 0. The Balaban J connectivity index is 1.76. The summed E-state index contributed by atoms with van der Waals surface area (Å²) in [5, 5.41) is 6.05. The summed E-state index contributed by atoms with van der Waals surface area (Å²) in [6.07, 6.45) is 6.89. The molecule has 0 bridgehead atoms. The fourth-order valence-electron chi connectivity index (χ4n) is 3.25. The SMILES string of the molecule is CCc1cccc(CC)c1NC(=O)NCCCN1CCCCC1. The van der Waals surface area contributed by atoms with Crippen LogP contribution < -0.4 is 10.6 Å². The van der Waals surface area contributed by atoms with E-state index in [-0.39, 0.29) is 6.03 Å². The summed E-state index contributed by atoms with van der Waals surface area (Å²) in [4.78, 5) is 14.7. The summed E-state index contributed by atoms with van der Waals surface area (Å²) in [5.41, 5.74) is 3.40. The molecule has 0 unspecified atom stereocenters. The van der Waals surface area contributed by atoms with Crippen LogP contribution in [0, 0.1) is 0 Å². The fourth-order valence-corrected chi connectivity index (χ4v) is 3.25. The number of anilines is 1. The fraction of sp³-hybridized carbons (Fsp3) is 0.632. The van der Waals surface area contributed by atoms with Gasteiger partial charge in [0.1, 0.15) is 0 Å². The first-order valence-corrected chi connectivity index (χ1v) is 9.12. The standard InChI is InChI=1S/C19H31N3O/c1-3-16-10-8-11-17(4-2)18(16)21-19(23)20-12-9-15-22-13-6-5-7-14-22/h8,10-11H,3-7,9,12-15H2,1-2H3,(H2,20,21,23). The van der Waals surface area contributed by atoms with Crippen LogP contribution in [0.3, 0.4) is 0 Å². The second-order valence-electron chi connectivity index (χ2n) is 6.30. The van der Waals surface area contributed by atoms with Gasteiger partial charge in [-0.25, -0.2) is 4.79 Å². The molecule has 1 aromatic carbocycles. The van der Waals surface area contributed by atoms with Gasteiger partial charge in [0, 0.05) is 12.2 Å². The first-order valence-electron chi connectivity index (χ1n) is 9.12. The zero-order valence-electron chi connectivity index (χ0n) is 14.7. The number of carbonyl (C=O) groups is 1. The highest BCUT2D eigenvalue weighted by molar-refractivity contribution is 5.91. The predicted octanol–water partition coefficient (Wildman–Crippen LogP) is 3.81. The molecule has 4 heteroatoms. The summed E-state index contributed by atoms with van der Waals surface area (Å²) in [6, 6.07) is 6.16. The van der Waals surface area contributed by atoms with Crippen molar-refractivity contribution in [2.24, 2.45) is 0 Å². The maximum Gasteiger partial charge on any atom is 0.319 e. The van der Waals surface area contributed by atoms with E-state index >= 15 is 0 Å². The lowest BCUT2D eigenvalue weighted by Gasteiger charge is -2.26. The number of carbonyl (C=O) groups excluding carboxylic acids is 1. The summed E-state index contributed by atoms with van der Waals surface area (Å²) >= 11 is 0. The van der Waals surface area contributed by atoms with E-state index in [1.54, 1.807) is 0 Å². The molecule has 2 N–H and O–H groups in total. The number of benzene rings is 1. The molecular formula is C19H31N3O. The lowest BCUT2D eigenvalue weighted by Crippen LogP contribution is -2.35. The quantitative estimate of drug-likeness (QED) is 0.751. The number of aryl methyl sites for hydroxylation is 2. The lowest BCUT2D eigenvalue weighted by molar-refractivity contribution is 0.224. The third kappa shape index (κ3) is 5.54. The number of hydrogen-bond acceptors (Lipinski definition) is 2. The predicted molar refractivity (Wildman–Crippen MR) is 97.1 cm³/mol. The van der Waals surface area contributed by atoms with E-state index in [2.05, 4.69) is 47.6 Å². The highest BCUT2D eigenvalue weighted by Gasteiger charge is 2.11. The Hall–Kier alpha value is -1.55. The van der Waals surface area contributed by atoms with E-state index in [9.17, 15) is 4.79 Å². The largest absolute Gasteiger partial charge is 0.338 e. The van der Waals surface area contributed by atoms with Gasteiger partial charge in [-0.2, -0.15) is 0 Å². The van der Waals surface area contributed by atoms with Crippen molar-refractivity contribution in [2.45, 2.75) is 52.4 Å². The number of urea groups is 1. The van der Waals surface area contributed by atoms with Crippen molar-refractivity contribution in [3.63, 3.8) is 0 Å².